The lowest BCUT2D eigenvalue weighted by Gasteiger charge is -2.15. The highest BCUT2D eigenvalue weighted by atomic mass is 35.5. The van der Waals surface area contributed by atoms with Gasteiger partial charge in [-0.05, 0) is 50.4 Å². The summed E-state index contributed by atoms with van der Waals surface area (Å²) in [6.07, 6.45) is 6.86. The van der Waals surface area contributed by atoms with Gasteiger partial charge in [0.1, 0.15) is 0 Å². The van der Waals surface area contributed by atoms with Crippen LogP contribution in [0, 0.1) is 5.41 Å². The van der Waals surface area contributed by atoms with E-state index >= 15 is 0 Å². The Labute approximate surface area is 310 Å². The number of aliphatic carboxylic acids is 1. The number of halogens is 2. The number of nitrogens with one attached hydrogen (secondary N) is 3. The molecular weight excluding hydrogens is 707 g/mol. The van der Waals surface area contributed by atoms with Gasteiger partial charge in [0.15, 0.2) is 17.2 Å². The molecule has 1 saturated heterocycles. The van der Waals surface area contributed by atoms with Gasteiger partial charge in [-0.15, -0.1) is 5.10 Å². The number of nitrogens with zero attached hydrogens (tertiary/aromatic N) is 5. The number of ether oxygens (including phenoxy) is 2. The van der Waals surface area contributed by atoms with Crippen LogP contribution in [-0.2, 0) is 22.7 Å². The van der Waals surface area contributed by atoms with Gasteiger partial charge in [-0.2, -0.15) is 0 Å². The molecule has 0 radical (unpaired) electrons. The minimum absolute atomic E-state index is 0.0882. The zero-order chi connectivity index (χ0) is 36.4. The van der Waals surface area contributed by atoms with Crippen molar-refractivity contribution in [2.75, 3.05) is 27.3 Å². The van der Waals surface area contributed by atoms with Gasteiger partial charge < -0.3 is 30.5 Å². The van der Waals surface area contributed by atoms with Crippen LogP contribution in [0.15, 0.2) is 54.9 Å². The van der Waals surface area contributed by atoms with Crippen molar-refractivity contribution >= 4 is 40.7 Å². The first-order chi connectivity index (χ1) is 25.2. The van der Waals surface area contributed by atoms with Crippen molar-refractivity contribution in [1.29, 1.82) is 0 Å². The van der Waals surface area contributed by atoms with Crippen LogP contribution in [0.3, 0.4) is 0 Å². The molecule has 1 atom stereocenters. The van der Waals surface area contributed by atoms with Crippen molar-refractivity contribution < 1.29 is 24.2 Å². The van der Waals surface area contributed by atoms with Crippen molar-refractivity contribution in [1.82, 2.24) is 40.5 Å². The number of carbonyl (C=O) groups is 2. The molecule has 13 nitrogen and oxygen atoms in total. The summed E-state index contributed by atoms with van der Waals surface area (Å²) in [4.78, 5) is 37.0. The number of hydrogen-bond acceptors (Lipinski definition) is 10. The lowest BCUT2D eigenvalue weighted by atomic mass is 10.00. The Bertz CT molecular complexity index is 2150. The van der Waals surface area contributed by atoms with Crippen molar-refractivity contribution in [3.8, 4) is 45.3 Å². The third kappa shape index (κ3) is 7.26. The van der Waals surface area contributed by atoms with Gasteiger partial charge in [0.2, 0.25) is 11.8 Å². The maximum absolute atomic E-state index is 11.5. The molecule has 0 unspecified atom stereocenters. The first-order valence-electron chi connectivity index (χ1n) is 17.0. The highest BCUT2D eigenvalue weighted by Crippen LogP contribution is 2.48. The van der Waals surface area contributed by atoms with Gasteiger partial charge in [-0.1, -0.05) is 47.5 Å². The van der Waals surface area contributed by atoms with Gasteiger partial charge in [-0.3, -0.25) is 14.6 Å². The molecule has 4 N–H and O–H groups in total. The zero-order valence-electron chi connectivity index (χ0n) is 28.7. The Morgan fingerprint density at radius 3 is 2.58 bits per heavy atom. The van der Waals surface area contributed by atoms with Crippen LogP contribution in [0.25, 0.3) is 39.3 Å². The van der Waals surface area contributed by atoms with Gasteiger partial charge >= 0.3 is 5.97 Å². The molecule has 15 heteroatoms. The molecule has 0 spiro atoms. The minimum atomic E-state index is -0.732. The first kappa shape index (κ1) is 35.6. The Balaban J connectivity index is 1.11. The number of hydrogen-bond donors (Lipinski definition) is 4. The Hall–Kier alpha value is -4.82. The molecule has 5 heterocycles. The Kier molecular flexibility index (Phi) is 10.3. The van der Waals surface area contributed by atoms with E-state index in [9.17, 15) is 14.7 Å². The molecule has 2 aliphatic rings. The third-order valence-corrected chi connectivity index (χ3v) is 10.5. The SMILES string of the molecule is COc1nc(-c2cccc(-c3ccnc(-c4cc(OC)c5nc(CNCCC6(C(=O)O)CC6)nn5c4)c3Cl)c2Cl)ccc1CNC[C@@H]1CCC(=O)N1. The number of methoxy groups -OCH3 is 2. The Morgan fingerprint density at radius 1 is 1.04 bits per heavy atom. The Morgan fingerprint density at radius 2 is 1.85 bits per heavy atom. The third-order valence-electron chi connectivity index (χ3n) is 9.69. The second-order valence-electron chi connectivity index (χ2n) is 13.1. The van der Waals surface area contributed by atoms with E-state index in [4.69, 9.17) is 37.7 Å². The fourth-order valence-corrected chi connectivity index (χ4v) is 7.18. The normalized spacial score (nSPS) is 16.2. The number of carboxylic acids is 1. The number of carboxylic acid groups (broad SMARTS) is 1. The molecule has 4 aromatic heterocycles. The molecule has 1 aromatic carbocycles. The maximum Gasteiger partial charge on any atom is 0.309 e. The standard InChI is InChI=1S/C37H38Cl2N8O5/c1-51-28-16-22(20-47-34(28)45-29(46-47)19-40-15-13-37(11-12-37)36(49)50)33-32(39)25(10-14-42-33)24-4-3-5-26(31(24)38)27-8-6-21(35(44-27)52-2)17-41-18-23-7-9-30(48)43-23/h3-6,8,10,14,16,20,23,40-41H,7,9,11-13,15,17-19H2,1-2H3,(H,43,48)(H,49,50)/t23-/m0/s1. The van der Waals surface area contributed by atoms with Crippen molar-refractivity contribution in [2.24, 2.45) is 5.41 Å². The molecule has 0 bridgehead atoms. The lowest BCUT2D eigenvalue weighted by Crippen LogP contribution is -2.35. The quantitative estimate of drug-likeness (QED) is 0.0993. The van der Waals surface area contributed by atoms with Gasteiger partial charge in [0, 0.05) is 65.8 Å². The summed E-state index contributed by atoms with van der Waals surface area (Å²) in [7, 11) is 3.15. The number of amides is 1. The molecule has 1 aliphatic heterocycles. The van der Waals surface area contributed by atoms with Crippen LogP contribution in [0.1, 0.15) is 43.5 Å². The monoisotopic (exact) mass is 744 g/mol. The van der Waals surface area contributed by atoms with Crippen LogP contribution in [0.5, 0.6) is 11.6 Å². The molecule has 1 saturated carbocycles. The molecule has 1 amide bonds. The molecule has 270 valence electrons. The van der Waals surface area contributed by atoms with Gasteiger partial charge in [-0.25, -0.2) is 14.5 Å². The maximum atomic E-state index is 11.5. The summed E-state index contributed by atoms with van der Waals surface area (Å²) in [5.41, 5.74) is 4.74. The predicted octanol–water partition coefficient (Wildman–Crippen LogP) is 5.56. The number of aromatic nitrogens is 5. The van der Waals surface area contributed by atoms with E-state index in [0.29, 0.717) is 106 Å². The average molecular weight is 746 g/mol. The lowest BCUT2D eigenvalue weighted by molar-refractivity contribution is -0.143. The second-order valence-corrected chi connectivity index (χ2v) is 13.8. The van der Waals surface area contributed by atoms with Crippen molar-refractivity contribution in [3.05, 3.63) is 76.3 Å². The molecular formula is C37H38Cl2N8O5. The summed E-state index contributed by atoms with van der Waals surface area (Å²) in [6.45, 7) is 2.12. The van der Waals surface area contributed by atoms with Crippen molar-refractivity contribution in [3.63, 3.8) is 0 Å². The van der Waals surface area contributed by atoms with Crippen LogP contribution in [-0.4, -0.2) is 74.9 Å². The minimum Gasteiger partial charge on any atom is -0.493 e. The van der Waals surface area contributed by atoms with Gasteiger partial charge in [0.05, 0.1) is 47.6 Å². The summed E-state index contributed by atoms with van der Waals surface area (Å²) in [6, 6.07) is 13.3. The molecule has 2 fully saturated rings. The molecule has 52 heavy (non-hydrogen) atoms. The molecule has 5 aromatic rings. The second kappa shape index (κ2) is 15.0. The highest BCUT2D eigenvalue weighted by molar-refractivity contribution is 6.39. The molecule has 1 aliphatic carbocycles. The van der Waals surface area contributed by atoms with Gasteiger partial charge in [0.25, 0.3) is 0 Å². The number of benzene rings is 1. The van der Waals surface area contributed by atoms with Crippen LogP contribution >= 0.6 is 23.2 Å². The van der Waals surface area contributed by atoms with E-state index in [1.165, 1.54) is 0 Å². The number of carbonyl (C=O) groups excluding carboxylic acids is 1. The van der Waals surface area contributed by atoms with Crippen LogP contribution < -0.4 is 25.4 Å². The average Bonchev–Trinajstić information content (AvgIpc) is 3.66. The van der Waals surface area contributed by atoms with E-state index in [-0.39, 0.29) is 11.9 Å². The fourth-order valence-electron chi connectivity index (χ4n) is 6.54. The van der Waals surface area contributed by atoms with E-state index in [0.717, 1.165) is 24.8 Å². The highest BCUT2D eigenvalue weighted by Gasteiger charge is 2.49. The van der Waals surface area contributed by atoms with E-state index < -0.39 is 11.4 Å². The smallest absolute Gasteiger partial charge is 0.309 e. The first-order valence-corrected chi connectivity index (χ1v) is 17.8. The summed E-state index contributed by atoms with van der Waals surface area (Å²) < 4.78 is 13.0. The largest absolute Gasteiger partial charge is 0.493 e. The van der Waals surface area contributed by atoms with E-state index in [1.54, 1.807) is 31.1 Å². The van der Waals surface area contributed by atoms with Crippen LogP contribution in [0.2, 0.25) is 10.0 Å². The summed E-state index contributed by atoms with van der Waals surface area (Å²) in [5.74, 6) is 0.870. The number of pyridine rings is 3. The van der Waals surface area contributed by atoms with Crippen LogP contribution in [0.4, 0.5) is 0 Å². The van der Waals surface area contributed by atoms with E-state index in [1.807, 2.05) is 42.5 Å². The predicted molar refractivity (Wildman–Crippen MR) is 197 cm³/mol. The number of rotatable bonds is 15. The topological polar surface area (TPSA) is 165 Å². The molecule has 7 rings (SSSR count). The number of fused-ring (bicyclic) bond motifs is 1. The van der Waals surface area contributed by atoms with Crippen molar-refractivity contribution in [2.45, 2.75) is 51.2 Å². The van der Waals surface area contributed by atoms with E-state index in [2.05, 4.69) is 31.0 Å². The zero-order valence-corrected chi connectivity index (χ0v) is 30.2. The summed E-state index contributed by atoms with van der Waals surface area (Å²) >= 11 is 14.2. The summed E-state index contributed by atoms with van der Waals surface area (Å²) in [5, 5.41) is 24.6. The fraction of sp³-hybridized carbons (Fsp3) is 0.351.